The number of rotatable bonds is 9. The Labute approximate surface area is 216 Å². The van der Waals surface area contributed by atoms with Crippen molar-refractivity contribution in [2.24, 2.45) is 5.92 Å². The molecule has 7 nitrogen and oxygen atoms in total. The first-order valence-electron chi connectivity index (χ1n) is 12.3. The zero-order valence-electron chi connectivity index (χ0n) is 20.8. The molecule has 4 rings (SSSR count). The average Bonchev–Trinajstić information content (AvgIpc) is 3.46. The van der Waals surface area contributed by atoms with Gasteiger partial charge in [0.25, 0.3) is 11.7 Å². The Morgan fingerprint density at radius 1 is 1.17 bits per heavy atom. The van der Waals surface area contributed by atoms with Crippen LogP contribution in [0.5, 0.6) is 11.5 Å². The van der Waals surface area contributed by atoms with Crippen LogP contribution in [0, 0.1) is 5.92 Å². The summed E-state index contributed by atoms with van der Waals surface area (Å²) in [7, 11) is 1.55. The molecule has 2 fully saturated rings. The molecule has 1 amide bonds. The molecule has 0 aliphatic carbocycles. The number of benzene rings is 2. The van der Waals surface area contributed by atoms with E-state index < -0.39 is 17.7 Å². The standard InChI is InChI=1S/C28H32ClNO6/c1-17(2)12-14-36-22-11-8-19(15-23(22)34-3)25-24(26(31)18-6-9-20(29)10-7-18)27(32)28(33)30(25)16-21-5-4-13-35-21/h6-11,15,17,21,25,31H,4-5,12-14,16H2,1-3H3. The van der Waals surface area contributed by atoms with E-state index in [1.165, 1.54) is 4.90 Å². The lowest BCUT2D eigenvalue weighted by Gasteiger charge is -2.28. The van der Waals surface area contributed by atoms with Crippen molar-refractivity contribution in [1.29, 1.82) is 0 Å². The minimum absolute atomic E-state index is 0.0239. The number of aliphatic hydroxyl groups excluding tert-OH is 1. The highest BCUT2D eigenvalue weighted by molar-refractivity contribution is 6.46. The fourth-order valence-corrected chi connectivity index (χ4v) is 4.69. The third-order valence-electron chi connectivity index (χ3n) is 6.54. The summed E-state index contributed by atoms with van der Waals surface area (Å²) in [5, 5.41) is 11.7. The number of methoxy groups -OCH3 is 1. The molecule has 2 atom stereocenters. The van der Waals surface area contributed by atoms with Crippen molar-refractivity contribution in [2.45, 2.75) is 45.3 Å². The fourth-order valence-electron chi connectivity index (χ4n) is 4.56. The molecule has 0 spiro atoms. The van der Waals surface area contributed by atoms with Crippen molar-refractivity contribution in [3.63, 3.8) is 0 Å². The van der Waals surface area contributed by atoms with Crippen LogP contribution in [0.15, 0.2) is 48.0 Å². The topological polar surface area (TPSA) is 85.3 Å². The van der Waals surface area contributed by atoms with Crippen molar-refractivity contribution >= 4 is 29.1 Å². The van der Waals surface area contributed by atoms with Crippen LogP contribution in [-0.4, -0.2) is 54.7 Å². The van der Waals surface area contributed by atoms with Crippen molar-refractivity contribution in [3.8, 4) is 11.5 Å². The fraction of sp³-hybridized carbons (Fsp3) is 0.429. The SMILES string of the molecule is COc1cc(C2C(=C(O)c3ccc(Cl)cc3)C(=O)C(=O)N2CC2CCCO2)ccc1OCCC(C)C. The summed E-state index contributed by atoms with van der Waals surface area (Å²) in [5.74, 6) is -0.0770. The van der Waals surface area contributed by atoms with Gasteiger partial charge in [0.05, 0.1) is 31.4 Å². The molecule has 2 aromatic rings. The Balaban J connectivity index is 1.76. The van der Waals surface area contributed by atoms with Crippen molar-refractivity contribution < 1.29 is 28.9 Å². The maximum atomic E-state index is 13.2. The largest absolute Gasteiger partial charge is 0.507 e. The number of hydrogen-bond acceptors (Lipinski definition) is 6. The number of amides is 1. The van der Waals surface area contributed by atoms with E-state index in [0.717, 1.165) is 19.3 Å². The molecule has 192 valence electrons. The summed E-state index contributed by atoms with van der Waals surface area (Å²) >= 11 is 6.01. The van der Waals surface area contributed by atoms with E-state index >= 15 is 0 Å². The molecule has 2 aliphatic rings. The molecular formula is C28H32ClNO6. The number of Topliss-reactive ketones (excluding diaryl/α,β-unsaturated/α-hetero) is 1. The van der Waals surface area contributed by atoms with Crippen LogP contribution in [-0.2, 0) is 14.3 Å². The molecule has 2 unspecified atom stereocenters. The maximum absolute atomic E-state index is 13.2. The number of ether oxygens (including phenoxy) is 3. The molecule has 2 aliphatic heterocycles. The van der Waals surface area contributed by atoms with Crippen LogP contribution in [0.4, 0.5) is 0 Å². The Kier molecular flexibility index (Phi) is 8.21. The molecule has 1 N–H and O–H groups in total. The van der Waals surface area contributed by atoms with Gasteiger partial charge in [-0.2, -0.15) is 0 Å². The summed E-state index contributed by atoms with van der Waals surface area (Å²) < 4.78 is 17.3. The van der Waals surface area contributed by atoms with Gasteiger partial charge in [0.1, 0.15) is 5.76 Å². The first kappa shape index (κ1) is 26.0. The van der Waals surface area contributed by atoms with Gasteiger partial charge in [-0.25, -0.2) is 0 Å². The maximum Gasteiger partial charge on any atom is 0.295 e. The van der Waals surface area contributed by atoms with Gasteiger partial charge in [-0.15, -0.1) is 0 Å². The van der Waals surface area contributed by atoms with E-state index in [-0.39, 0.29) is 24.0 Å². The lowest BCUT2D eigenvalue weighted by molar-refractivity contribution is -0.140. The molecular weight excluding hydrogens is 482 g/mol. The first-order valence-corrected chi connectivity index (χ1v) is 12.6. The monoisotopic (exact) mass is 513 g/mol. The zero-order chi connectivity index (χ0) is 25.8. The van der Waals surface area contributed by atoms with E-state index in [0.29, 0.717) is 46.8 Å². The van der Waals surface area contributed by atoms with Crippen LogP contribution in [0.1, 0.15) is 50.3 Å². The molecule has 2 saturated heterocycles. The molecule has 0 saturated carbocycles. The highest BCUT2D eigenvalue weighted by Gasteiger charge is 2.47. The molecule has 0 radical (unpaired) electrons. The highest BCUT2D eigenvalue weighted by Crippen LogP contribution is 2.42. The van der Waals surface area contributed by atoms with Crippen molar-refractivity contribution in [2.75, 3.05) is 26.9 Å². The van der Waals surface area contributed by atoms with E-state index in [1.54, 1.807) is 49.6 Å². The number of aliphatic hydroxyl groups is 1. The van der Waals surface area contributed by atoms with Crippen LogP contribution in [0.3, 0.4) is 0 Å². The lowest BCUT2D eigenvalue weighted by atomic mass is 9.95. The zero-order valence-corrected chi connectivity index (χ0v) is 21.6. The summed E-state index contributed by atoms with van der Waals surface area (Å²) in [6.45, 7) is 5.67. The quantitative estimate of drug-likeness (QED) is 0.275. The second-order valence-corrected chi connectivity index (χ2v) is 9.97. The van der Waals surface area contributed by atoms with Gasteiger partial charge < -0.3 is 24.2 Å². The summed E-state index contributed by atoms with van der Waals surface area (Å²) in [5.41, 5.74) is 1.06. The van der Waals surface area contributed by atoms with Crippen molar-refractivity contribution in [1.82, 2.24) is 4.90 Å². The van der Waals surface area contributed by atoms with E-state index in [9.17, 15) is 14.7 Å². The molecule has 0 bridgehead atoms. The summed E-state index contributed by atoms with van der Waals surface area (Å²) in [4.78, 5) is 27.9. The number of likely N-dealkylation sites (tertiary alicyclic amines) is 1. The van der Waals surface area contributed by atoms with Gasteiger partial charge in [-0.3, -0.25) is 9.59 Å². The molecule has 8 heteroatoms. The third kappa shape index (κ3) is 5.52. The smallest absolute Gasteiger partial charge is 0.295 e. The van der Waals surface area contributed by atoms with Crippen LogP contribution < -0.4 is 9.47 Å². The number of hydrogen-bond donors (Lipinski definition) is 1. The predicted octanol–water partition coefficient (Wildman–Crippen LogP) is 5.37. The first-order chi connectivity index (χ1) is 17.3. The van der Waals surface area contributed by atoms with E-state index in [2.05, 4.69) is 13.8 Å². The Morgan fingerprint density at radius 2 is 1.92 bits per heavy atom. The van der Waals surface area contributed by atoms with Crippen LogP contribution in [0.2, 0.25) is 5.02 Å². The highest BCUT2D eigenvalue weighted by atomic mass is 35.5. The number of ketones is 1. The van der Waals surface area contributed by atoms with Crippen molar-refractivity contribution in [3.05, 3.63) is 64.2 Å². The lowest BCUT2D eigenvalue weighted by Crippen LogP contribution is -2.36. The third-order valence-corrected chi connectivity index (χ3v) is 6.79. The number of halogens is 1. The van der Waals surface area contributed by atoms with Gasteiger partial charge in [0.15, 0.2) is 11.5 Å². The number of carbonyl (C=O) groups excluding carboxylic acids is 2. The molecule has 2 heterocycles. The van der Waals surface area contributed by atoms with Gasteiger partial charge in [-0.1, -0.05) is 31.5 Å². The Morgan fingerprint density at radius 3 is 2.56 bits per heavy atom. The van der Waals surface area contributed by atoms with E-state index in [4.69, 9.17) is 25.8 Å². The van der Waals surface area contributed by atoms with Gasteiger partial charge in [0.2, 0.25) is 0 Å². The summed E-state index contributed by atoms with van der Waals surface area (Å²) in [6, 6.07) is 11.0. The Bertz CT molecular complexity index is 1140. The molecule has 36 heavy (non-hydrogen) atoms. The molecule has 0 aromatic heterocycles. The average molecular weight is 514 g/mol. The second-order valence-electron chi connectivity index (χ2n) is 9.53. The van der Waals surface area contributed by atoms with Crippen LogP contribution in [0.25, 0.3) is 5.76 Å². The number of carbonyl (C=O) groups is 2. The molecule has 2 aromatic carbocycles. The van der Waals surface area contributed by atoms with Gasteiger partial charge in [-0.05, 0) is 67.1 Å². The summed E-state index contributed by atoms with van der Waals surface area (Å²) in [6.07, 6.45) is 2.44. The second kappa shape index (κ2) is 11.4. The number of nitrogens with zero attached hydrogens (tertiary/aromatic N) is 1. The normalized spacial score (nSPS) is 21.4. The van der Waals surface area contributed by atoms with Crippen LogP contribution >= 0.6 is 11.6 Å². The minimum Gasteiger partial charge on any atom is -0.507 e. The van der Waals surface area contributed by atoms with Gasteiger partial charge >= 0.3 is 0 Å². The van der Waals surface area contributed by atoms with Gasteiger partial charge in [0, 0.05) is 23.7 Å². The minimum atomic E-state index is -0.802. The van der Waals surface area contributed by atoms with E-state index in [1.807, 2.05) is 0 Å². The predicted molar refractivity (Wildman–Crippen MR) is 137 cm³/mol. The Hall–Kier alpha value is -3.03.